The van der Waals surface area contributed by atoms with Crippen LogP contribution in [0.2, 0.25) is 0 Å². The zero-order valence-corrected chi connectivity index (χ0v) is 10.7. The predicted molar refractivity (Wildman–Crippen MR) is 72.1 cm³/mol. The number of ether oxygens (including phenoxy) is 1. The Balaban J connectivity index is 2.26. The Labute approximate surface area is 111 Å². The van der Waals surface area contributed by atoms with Crippen LogP contribution in [0.1, 0.15) is 24.6 Å². The van der Waals surface area contributed by atoms with Gasteiger partial charge in [-0.05, 0) is 24.6 Å². The Morgan fingerprint density at radius 3 is 2.84 bits per heavy atom. The average molecular weight is 260 g/mol. The van der Waals surface area contributed by atoms with E-state index in [-0.39, 0.29) is 12.5 Å². The monoisotopic (exact) mass is 260 g/mol. The lowest BCUT2D eigenvalue weighted by Gasteiger charge is -2.11. The molecule has 0 fully saturated rings. The van der Waals surface area contributed by atoms with E-state index in [1.54, 1.807) is 7.11 Å². The van der Waals surface area contributed by atoms with E-state index in [0.717, 1.165) is 16.7 Å². The van der Waals surface area contributed by atoms with Crippen molar-refractivity contribution >= 4 is 16.9 Å². The van der Waals surface area contributed by atoms with Crippen molar-refractivity contribution < 1.29 is 14.6 Å². The number of nitrogens with zero attached hydrogens (tertiary/aromatic N) is 1. The number of benzene rings is 1. The molecule has 2 rings (SSSR count). The first-order chi connectivity index (χ1) is 9.10. The number of aromatic nitrogens is 1. The average Bonchev–Trinajstić information content (AvgIpc) is 2.43. The van der Waals surface area contributed by atoms with E-state index in [0.29, 0.717) is 12.1 Å². The number of fused-ring (bicyclic) bond motifs is 1. The molecule has 0 aliphatic carbocycles. The number of pyridine rings is 1. The molecule has 5 nitrogen and oxygen atoms in total. The lowest BCUT2D eigenvalue weighted by Crippen LogP contribution is -2.13. The summed E-state index contributed by atoms with van der Waals surface area (Å²) in [6.45, 7) is 0. The summed E-state index contributed by atoms with van der Waals surface area (Å²) < 4.78 is 5.15. The molecule has 2 aromatic rings. The van der Waals surface area contributed by atoms with Gasteiger partial charge in [0.2, 0.25) is 0 Å². The van der Waals surface area contributed by atoms with Gasteiger partial charge in [-0.25, -0.2) is 0 Å². The van der Waals surface area contributed by atoms with E-state index in [2.05, 4.69) is 4.98 Å². The summed E-state index contributed by atoms with van der Waals surface area (Å²) in [5, 5.41) is 9.65. The van der Waals surface area contributed by atoms with Crippen molar-refractivity contribution in [2.75, 3.05) is 7.11 Å². The summed E-state index contributed by atoms with van der Waals surface area (Å²) >= 11 is 0. The Kier molecular flexibility index (Phi) is 3.97. The zero-order valence-electron chi connectivity index (χ0n) is 10.7. The van der Waals surface area contributed by atoms with Gasteiger partial charge in [0, 0.05) is 23.9 Å². The molecule has 0 saturated carbocycles. The summed E-state index contributed by atoms with van der Waals surface area (Å²) in [7, 11) is 1.60. The minimum Gasteiger partial charge on any atom is -0.497 e. The quantitative estimate of drug-likeness (QED) is 0.860. The Morgan fingerprint density at radius 2 is 2.16 bits per heavy atom. The van der Waals surface area contributed by atoms with Gasteiger partial charge in [-0.15, -0.1) is 0 Å². The lowest BCUT2D eigenvalue weighted by molar-refractivity contribution is -0.137. The standard InChI is InChI=1S/C14H16N2O3/c1-19-10-4-2-9-3-6-12(16-13(9)8-10)11(15)5-7-14(17)18/h2-4,6,8,11H,5,7,15H2,1H3,(H,17,18). The second-order valence-corrected chi connectivity index (χ2v) is 4.33. The second-order valence-electron chi connectivity index (χ2n) is 4.33. The van der Waals surface area contributed by atoms with Crippen molar-refractivity contribution in [1.82, 2.24) is 4.98 Å². The second kappa shape index (κ2) is 5.67. The van der Waals surface area contributed by atoms with Crippen LogP contribution in [0.25, 0.3) is 10.9 Å². The Bertz CT molecular complexity index is 598. The topological polar surface area (TPSA) is 85.4 Å². The minimum atomic E-state index is -0.849. The first kappa shape index (κ1) is 13.3. The highest BCUT2D eigenvalue weighted by molar-refractivity contribution is 5.80. The van der Waals surface area contributed by atoms with Crippen molar-refractivity contribution in [2.24, 2.45) is 5.73 Å². The molecular formula is C14H16N2O3. The largest absolute Gasteiger partial charge is 0.497 e. The SMILES string of the molecule is COc1ccc2ccc(C(N)CCC(=O)O)nc2c1. The third kappa shape index (κ3) is 3.20. The van der Waals surface area contributed by atoms with Crippen LogP contribution in [-0.4, -0.2) is 23.2 Å². The van der Waals surface area contributed by atoms with Crippen LogP contribution in [0.5, 0.6) is 5.75 Å². The molecule has 1 heterocycles. The number of nitrogens with two attached hydrogens (primary N) is 1. The summed E-state index contributed by atoms with van der Waals surface area (Å²) in [5.74, 6) is -0.117. The van der Waals surface area contributed by atoms with E-state index in [9.17, 15) is 4.79 Å². The Hall–Kier alpha value is -2.14. The van der Waals surface area contributed by atoms with Gasteiger partial charge < -0.3 is 15.6 Å². The summed E-state index contributed by atoms with van der Waals surface area (Å²) in [6.07, 6.45) is 0.413. The van der Waals surface area contributed by atoms with Crippen LogP contribution >= 0.6 is 0 Å². The summed E-state index contributed by atoms with van der Waals surface area (Å²) in [5.41, 5.74) is 7.44. The molecule has 0 saturated heterocycles. The summed E-state index contributed by atoms with van der Waals surface area (Å²) in [6, 6.07) is 9.02. The van der Waals surface area contributed by atoms with Gasteiger partial charge in [0.05, 0.1) is 18.3 Å². The molecule has 19 heavy (non-hydrogen) atoms. The van der Waals surface area contributed by atoms with Gasteiger partial charge in [0.25, 0.3) is 0 Å². The Morgan fingerprint density at radius 1 is 1.42 bits per heavy atom. The van der Waals surface area contributed by atoms with Gasteiger partial charge in [-0.1, -0.05) is 6.07 Å². The van der Waals surface area contributed by atoms with E-state index in [4.69, 9.17) is 15.6 Å². The highest BCUT2D eigenvalue weighted by Gasteiger charge is 2.10. The molecule has 0 aliphatic heterocycles. The molecule has 1 aromatic carbocycles. The fourth-order valence-electron chi connectivity index (χ4n) is 1.87. The van der Waals surface area contributed by atoms with Crippen LogP contribution in [-0.2, 0) is 4.79 Å². The van der Waals surface area contributed by atoms with Crippen molar-refractivity contribution in [3.05, 3.63) is 36.0 Å². The van der Waals surface area contributed by atoms with Gasteiger partial charge in [-0.3, -0.25) is 9.78 Å². The van der Waals surface area contributed by atoms with E-state index >= 15 is 0 Å². The van der Waals surface area contributed by atoms with E-state index in [1.807, 2.05) is 30.3 Å². The van der Waals surface area contributed by atoms with Crippen molar-refractivity contribution in [3.8, 4) is 5.75 Å². The van der Waals surface area contributed by atoms with Crippen LogP contribution in [0.3, 0.4) is 0 Å². The molecule has 0 amide bonds. The molecule has 1 aromatic heterocycles. The highest BCUT2D eigenvalue weighted by Crippen LogP contribution is 2.22. The molecule has 0 spiro atoms. The number of carboxylic acids is 1. The third-order valence-electron chi connectivity index (χ3n) is 2.97. The maximum absolute atomic E-state index is 10.5. The number of methoxy groups -OCH3 is 1. The number of carboxylic acid groups (broad SMARTS) is 1. The van der Waals surface area contributed by atoms with Gasteiger partial charge in [0.15, 0.2) is 0 Å². The molecular weight excluding hydrogens is 244 g/mol. The third-order valence-corrected chi connectivity index (χ3v) is 2.97. The molecule has 1 atom stereocenters. The molecule has 100 valence electrons. The first-order valence-electron chi connectivity index (χ1n) is 6.02. The first-order valence-corrected chi connectivity index (χ1v) is 6.02. The van der Waals surface area contributed by atoms with Gasteiger partial charge in [0.1, 0.15) is 5.75 Å². The maximum Gasteiger partial charge on any atom is 0.303 e. The van der Waals surface area contributed by atoms with Crippen molar-refractivity contribution in [3.63, 3.8) is 0 Å². The maximum atomic E-state index is 10.5. The van der Waals surface area contributed by atoms with Gasteiger partial charge in [-0.2, -0.15) is 0 Å². The van der Waals surface area contributed by atoms with E-state index in [1.165, 1.54) is 0 Å². The van der Waals surface area contributed by atoms with Crippen LogP contribution < -0.4 is 10.5 Å². The number of aliphatic carboxylic acids is 1. The molecule has 5 heteroatoms. The number of hydrogen-bond donors (Lipinski definition) is 2. The molecule has 0 radical (unpaired) electrons. The number of rotatable bonds is 5. The highest BCUT2D eigenvalue weighted by atomic mass is 16.5. The summed E-state index contributed by atoms with van der Waals surface area (Å²) in [4.78, 5) is 15.0. The normalized spacial score (nSPS) is 12.3. The zero-order chi connectivity index (χ0) is 13.8. The predicted octanol–water partition coefficient (Wildman–Crippen LogP) is 2.11. The fraction of sp³-hybridized carbons (Fsp3) is 0.286. The molecule has 0 bridgehead atoms. The molecule has 3 N–H and O–H groups in total. The van der Waals surface area contributed by atoms with Crippen LogP contribution in [0.4, 0.5) is 0 Å². The minimum absolute atomic E-state index is 0.0407. The van der Waals surface area contributed by atoms with Crippen LogP contribution in [0.15, 0.2) is 30.3 Å². The molecule has 0 aliphatic rings. The smallest absolute Gasteiger partial charge is 0.303 e. The fourth-order valence-corrected chi connectivity index (χ4v) is 1.87. The van der Waals surface area contributed by atoms with Crippen molar-refractivity contribution in [2.45, 2.75) is 18.9 Å². The lowest BCUT2D eigenvalue weighted by atomic mass is 10.1. The van der Waals surface area contributed by atoms with Crippen molar-refractivity contribution in [1.29, 1.82) is 0 Å². The molecule has 1 unspecified atom stereocenters. The number of hydrogen-bond acceptors (Lipinski definition) is 4. The van der Waals surface area contributed by atoms with Gasteiger partial charge >= 0.3 is 5.97 Å². The van der Waals surface area contributed by atoms with Crippen LogP contribution in [0, 0.1) is 0 Å². The van der Waals surface area contributed by atoms with E-state index < -0.39 is 5.97 Å². The number of carbonyl (C=O) groups is 1.